The number of amides is 1. The molecule has 2 atom stereocenters. The molecule has 10 heteroatoms. The van der Waals surface area contributed by atoms with Gasteiger partial charge in [-0.3, -0.25) is 18.6 Å². The van der Waals surface area contributed by atoms with Gasteiger partial charge in [0.2, 0.25) is 5.91 Å². The normalized spacial score (nSPS) is 13.3. The highest BCUT2D eigenvalue weighted by Crippen LogP contribution is 2.42. The average molecular weight is 748 g/mol. The zero-order chi connectivity index (χ0) is 37.5. The van der Waals surface area contributed by atoms with E-state index >= 15 is 0 Å². The number of phosphoric acid groups is 1. The Labute approximate surface area is 314 Å². The van der Waals surface area contributed by atoms with E-state index in [9.17, 15) is 24.2 Å². The summed E-state index contributed by atoms with van der Waals surface area (Å²) in [5, 5.41) is 12.6. The second kappa shape index (κ2) is 38.7. The number of unbranched alkanes of at least 4 members (excludes halogenated alkanes) is 28. The second-order valence-corrected chi connectivity index (χ2v) is 16.1. The lowest BCUT2D eigenvalue weighted by atomic mass is 10.0. The first kappa shape index (κ1) is 50.0. The minimum absolute atomic E-state index is 0.0881. The Balaban J connectivity index is 3.45. The minimum atomic E-state index is -4.40. The molecule has 0 heterocycles. The lowest BCUT2D eigenvalue weighted by Gasteiger charge is -2.15. The summed E-state index contributed by atoms with van der Waals surface area (Å²) in [6.07, 6.45) is 38.0. The van der Waals surface area contributed by atoms with Crippen molar-refractivity contribution in [2.75, 3.05) is 26.4 Å². The van der Waals surface area contributed by atoms with Crippen LogP contribution in [-0.4, -0.2) is 54.3 Å². The van der Waals surface area contributed by atoms with Crippen LogP contribution >= 0.6 is 7.82 Å². The summed E-state index contributed by atoms with van der Waals surface area (Å²) in [7, 11) is -4.40. The zero-order valence-corrected chi connectivity index (χ0v) is 34.2. The number of hydrogen-bond donors (Lipinski definition) is 3. The fourth-order valence-corrected chi connectivity index (χ4v) is 7.02. The number of hydrogen-bond acceptors (Lipinski definition) is 7. The van der Waals surface area contributed by atoms with Gasteiger partial charge < -0.3 is 20.1 Å². The summed E-state index contributed by atoms with van der Waals surface area (Å²) in [5.41, 5.74) is 0. The molecule has 0 aromatic rings. The van der Waals surface area contributed by atoms with Crippen molar-refractivity contribution in [1.29, 1.82) is 0 Å². The highest BCUT2D eigenvalue weighted by molar-refractivity contribution is 7.47. The van der Waals surface area contributed by atoms with E-state index < -0.39 is 26.5 Å². The number of esters is 1. The molecule has 0 fully saturated rings. The number of ether oxygens (including phenoxy) is 1. The van der Waals surface area contributed by atoms with Crippen molar-refractivity contribution in [3.8, 4) is 0 Å². The molecule has 0 aromatic carbocycles. The number of aliphatic hydroxyl groups is 1. The zero-order valence-electron chi connectivity index (χ0n) is 33.3. The summed E-state index contributed by atoms with van der Waals surface area (Å²) in [5.74, 6) is -0.515. The van der Waals surface area contributed by atoms with Crippen LogP contribution in [0.15, 0.2) is 0 Å². The van der Waals surface area contributed by atoms with Gasteiger partial charge in [0.05, 0.1) is 13.2 Å². The van der Waals surface area contributed by atoms with Gasteiger partial charge in [-0.25, -0.2) is 4.57 Å². The Morgan fingerprint density at radius 2 is 0.882 bits per heavy atom. The molecule has 0 radical (unpaired) electrons. The van der Waals surface area contributed by atoms with Gasteiger partial charge in [0.25, 0.3) is 0 Å². The first-order valence-corrected chi connectivity index (χ1v) is 23.0. The molecule has 0 spiro atoms. The molecule has 1 amide bonds. The lowest BCUT2D eigenvalue weighted by Crippen LogP contribution is -2.27. The summed E-state index contributed by atoms with van der Waals surface area (Å²) in [6.45, 7) is 3.51. The van der Waals surface area contributed by atoms with Crippen LogP contribution in [0.5, 0.6) is 0 Å². The molecule has 0 aliphatic heterocycles. The third-order valence-corrected chi connectivity index (χ3v) is 10.5. The molecule has 0 aromatic heterocycles. The summed E-state index contributed by atoms with van der Waals surface area (Å²) < 4.78 is 26.7. The summed E-state index contributed by atoms with van der Waals surface area (Å²) >= 11 is 0. The van der Waals surface area contributed by atoms with Crippen LogP contribution in [0.1, 0.15) is 219 Å². The van der Waals surface area contributed by atoms with Gasteiger partial charge in [0.1, 0.15) is 12.7 Å². The van der Waals surface area contributed by atoms with Crippen molar-refractivity contribution in [1.82, 2.24) is 5.32 Å². The van der Waals surface area contributed by atoms with Gasteiger partial charge in [0, 0.05) is 19.4 Å². The first-order valence-electron chi connectivity index (χ1n) is 21.5. The second-order valence-electron chi connectivity index (χ2n) is 14.7. The molecule has 304 valence electrons. The highest BCUT2D eigenvalue weighted by Gasteiger charge is 2.23. The van der Waals surface area contributed by atoms with Crippen LogP contribution in [0.2, 0.25) is 0 Å². The van der Waals surface area contributed by atoms with Crippen LogP contribution in [0.25, 0.3) is 0 Å². The van der Waals surface area contributed by atoms with Crippen molar-refractivity contribution in [2.24, 2.45) is 0 Å². The Morgan fingerprint density at radius 1 is 0.529 bits per heavy atom. The first-order chi connectivity index (χ1) is 24.8. The van der Waals surface area contributed by atoms with Gasteiger partial charge in [-0.1, -0.05) is 194 Å². The molecule has 3 N–H and O–H groups in total. The van der Waals surface area contributed by atoms with Gasteiger partial charge in [-0.05, 0) is 12.8 Å². The molecule has 0 aliphatic rings. The van der Waals surface area contributed by atoms with Crippen molar-refractivity contribution < 1.29 is 37.9 Å². The number of carbonyl (C=O) groups excluding carboxylic acids is 2. The quantitative estimate of drug-likeness (QED) is 0.0320. The van der Waals surface area contributed by atoms with E-state index in [1.165, 1.54) is 148 Å². The SMILES string of the molecule is CCCCCCCCCCCCCCCCCCCCCCCCCCC(=O)NCCOP(=O)(O)OCC(O)COC(=O)CCCCCCCC. The van der Waals surface area contributed by atoms with E-state index in [4.69, 9.17) is 13.8 Å². The fourth-order valence-electron chi connectivity index (χ4n) is 6.26. The molecule has 9 nitrogen and oxygen atoms in total. The van der Waals surface area contributed by atoms with E-state index in [2.05, 4.69) is 19.2 Å². The van der Waals surface area contributed by atoms with E-state index in [1.54, 1.807) is 0 Å². The fraction of sp³-hybridized carbons (Fsp3) is 0.951. The van der Waals surface area contributed by atoms with Gasteiger partial charge in [0.15, 0.2) is 0 Å². The van der Waals surface area contributed by atoms with Crippen LogP contribution in [-0.2, 0) is 27.9 Å². The van der Waals surface area contributed by atoms with Crippen molar-refractivity contribution in [3.63, 3.8) is 0 Å². The largest absolute Gasteiger partial charge is 0.472 e. The van der Waals surface area contributed by atoms with E-state index in [0.717, 1.165) is 44.9 Å². The maximum absolute atomic E-state index is 12.1. The van der Waals surface area contributed by atoms with E-state index in [-0.39, 0.29) is 32.1 Å². The monoisotopic (exact) mass is 748 g/mol. The number of rotatable bonds is 41. The van der Waals surface area contributed by atoms with E-state index in [0.29, 0.717) is 6.42 Å². The third-order valence-electron chi connectivity index (χ3n) is 9.54. The topological polar surface area (TPSA) is 131 Å². The molecule has 0 aliphatic carbocycles. The minimum Gasteiger partial charge on any atom is -0.463 e. The highest BCUT2D eigenvalue weighted by atomic mass is 31.2. The van der Waals surface area contributed by atoms with Crippen LogP contribution in [0.4, 0.5) is 0 Å². The van der Waals surface area contributed by atoms with Gasteiger partial charge in [-0.2, -0.15) is 0 Å². The number of aliphatic hydroxyl groups excluding tert-OH is 1. The predicted octanol–water partition coefficient (Wildman–Crippen LogP) is 11.7. The van der Waals surface area contributed by atoms with Gasteiger partial charge in [-0.15, -0.1) is 0 Å². The smallest absolute Gasteiger partial charge is 0.463 e. The van der Waals surface area contributed by atoms with E-state index in [1.807, 2.05) is 0 Å². The lowest BCUT2D eigenvalue weighted by molar-refractivity contribution is -0.147. The van der Waals surface area contributed by atoms with Crippen molar-refractivity contribution >= 4 is 19.7 Å². The maximum Gasteiger partial charge on any atom is 0.472 e. The molecule has 0 saturated heterocycles. The molecule has 2 unspecified atom stereocenters. The van der Waals surface area contributed by atoms with Crippen LogP contribution in [0.3, 0.4) is 0 Å². The Kier molecular flexibility index (Phi) is 38.0. The molecule has 0 bridgehead atoms. The number of nitrogens with one attached hydrogen (secondary N) is 1. The predicted molar refractivity (Wildman–Crippen MR) is 211 cm³/mol. The van der Waals surface area contributed by atoms with Crippen molar-refractivity contribution in [2.45, 2.75) is 225 Å². The summed E-state index contributed by atoms with van der Waals surface area (Å²) in [4.78, 5) is 33.6. The molecule has 0 rings (SSSR count). The Hall–Kier alpha value is -0.990. The number of phosphoric ester groups is 1. The van der Waals surface area contributed by atoms with Crippen molar-refractivity contribution in [3.05, 3.63) is 0 Å². The summed E-state index contributed by atoms with van der Waals surface area (Å²) in [6, 6.07) is 0. The maximum atomic E-state index is 12.1. The Bertz CT molecular complexity index is 815. The standard InChI is InChI=1S/C41H82NO8P/c1-3-5-7-9-11-12-13-14-15-16-17-18-19-20-21-22-23-24-25-26-27-28-29-31-33-40(44)42-35-36-49-51(46,47)50-38-39(43)37-48-41(45)34-32-30-10-8-6-4-2/h39,43H,3-38H2,1-2H3,(H,42,44)(H,46,47). The average Bonchev–Trinajstić information content (AvgIpc) is 3.11. The molecule has 51 heavy (non-hydrogen) atoms. The number of carbonyl (C=O) groups is 2. The molecular weight excluding hydrogens is 665 g/mol. The van der Waals surface area contributed by atoms with Crippen LogP contribution < -0.4 is 5.32 Å². The molecule has 0 saturated carbocycles. The van der Waals surface area contributed by atoms with Crippen LogP contribution in [0, 0.1) is 0 Å². The molecular formula is C41H82NO8P. The Morgan fingerprint density at radius 3 is 1.27 bits per heavy atom. The third kappa shape index (κ3) is 40.0. The van der Waals surface area contributed by atoms with Gasteiger partial charge >= 0.3 is 13.8 Å².